The third-order valence-electron chi connectivity index (χ3n) is 2.69. The minimum absolute atomic E-state index is 0.0440. The Bertz CT molecular complexity index is 650. The minimum Gasteiger partial charge on any atom is -0.480 e. The summed E-state index contributed by atoms with van der Waals surface area (Å²) in [5.41, 5.74) is 0.438. The van der Waals surface area contributed by atoms with Crippen LogP contribution in [0, 0.1) is 0 Å². The zero-order valence-electron chi connectivity index (χ0n) is 12.0. The highest BCUT2D eigenvalue weighted by Crippen LogP contribution is 2.35. The number of aliphatic carboxylic acids is 1. The Hall–Kier alpha value is -1.85. The van der Waals surface area contributed by atoms with Gasteiger partial charge in [0.1, 0.15) is 10.8 Å². The van der Waals surface area contributed by atoms with E-state index >= 15 is 0 Å². The lowest BCUT2D eigenvalue weighted by Crippen LogP contribution is -2.10. The molecule has 0 saturated carbocycles. The summed E-state index contributed by atoms with van der Waals surface area (Å²) in [6, 6.07) is 2.75. The van der Waals surface area contributed by atoms with Crippen LogP contribution in [0.3, 0.4) is 0 Å². The van der Waals surface area contributed by atoms with Crippen LogP contribution in [0.5, 0.6) is 5.75 Å². The lowest BCUT2D eigenvalue weighted by atomic mass is 10.00. The number of hydrogen-bond donors (Lipinski definition) is 1. The molecule has 0 atom stereocenters. The van der Waals surface area contributed by atoms with Crippen molar-refractivity contribution in [2.24, 2.45) is 0 Å². The van der Waals surface area contributed by atoms with Crippen LogP contribution in [0.15, 0.2) is 23.8 Å². The zero-order chi connectivity index (χ0) is 16.9. The summed E-state index contributed by atoms with van der Waals surface area (Å²) in [6.07, 6.45) is 1.62. The number of carbonyl (C=O) groups excluding carboxylic acids is 2. The number of ether oxygens (including phenoxy) is 1. The number of carboxylic acids is 1. The van der Waals surface area contributed by atoms with E-state index in [2.05, 4.69) is 0 Å². The molecule has 118 valence electrons. The van der Waals surface area contributed by atoms with Crippen molar-refractivity contribution in [2.45, 2.75) is 20.3 Å². The van der Waals surface area contributed by atoms with Gasteiger partial charge in [-0.1, -0.05) is 30.1 Å². The number of Topliss-reactive ketones (excluding diaryl/α,β-unsaturated/α-hetero) is 1. The lowest BCUT2D eigenvalue weighted by molar-refractivity contribution is -0.139. The van der Waals surface area contributed by atoms with E-state index < -0.39 is 18.4 Å². The minimum atomic E-state index is -1.16. The summed E-state index contributed by atoms with van der Waals surface area (Å²) in [4.78, 5) is 34.0. The van der Waals surface area contributed by atoms with Crippen LogP contribution in [-0.4, -0.2) is 29.2 Å². The maximum Gasteiger partial charge on any atom is 0.341 e. The standard InChI is InChI=1S/C15H14Cl2O5/c1-3-9(6-8(2)18)15(21)10-4-5-11(14(17)13(10)16)22-7-12(19)20/h4-6H,3,7H2,1-2H3,(H,19,20)/b9-6-. The highest BCUT2D eigenvalue weighted by atomic mass is 35.5. The fraction of sp³-hybridized carbons (Fsp3) is 0.267. The van der Waals surface area contributed by atoms with Gasteiger partial charge in [-0.3, -0.25) is 9.59 Å². The number of ketones is 2. The maximum absolute atomic E-state index is 12.4. The molecule has 0 aromatic heterocycles. The summed E-state index contributed by atoms with van der Waals surface area (Å²) in [6.45, 7) is 2.51. The Balaban J connectivity index is 3.17. The molecule has 1 N–H and O–H groups in total. The first-order valence-electron chi connectivity index (χ1n) is 6.36. The first-order valence-corrected chi connectivity index (χ1v) is 7.11. The smallest absolute Gasteiger partial charge is 0.341 e. The normalized spacial score (nSPS) is 11.2. The van der Waals surface area contributed by atoms with Crippen molar-refractivity contribution < 1.29 is 24.2 Å². The van der Waals surface area contributed by atoms with E-state index in [1.54, 1.807) is 6.92 Å². The quantitative estimate of drug-likeness (QED) is 0.604. The highest BCUT2D eigenvalue weighted by Gasteiger charge is 2.19. The van der Waals surface area contributed by atoms with Crippen LogP contribution in [0.25, 0.3) is 0 Å². The Morgan fingerprint density at radius 1 is 1.23 bits per heavy atom. The number of hydrogen-bond acceptors (Lipinski definition) is 4. The van der Waals surface area contributed by atoms with Crippen LogP contribution >= 0.6 is 23.2 Å². The molecule has 1 rings (SSSR count). The number of benzene rings is 1. The summed E-state index contributed by atoms with van der Waals surface area (Å²) in [5, 5.41) is 8.48. The zero-order valence-corrected chi connectivity index (χ0v) is 13.5. The molecule has 0 fully saturated rings. The molecule has 5 nitrogen and oxygen atoms in total. The van der Waals surface area contributed by atoms with E-state index in [-0.39, 0.29) is 27.1 Å². The van der Waals surface area contributed by atoms with Crippen LogP contribution < -0.4 is 4.74 Å². The van der Waals surface area contributed by atoms with Gasteiger partial charge in [-0.2, -0.15) is 0 Å². The van der Waals surface area contributed by atoms with E-state index in [4.69, 9.17) is 33.0 Å². The molecular weight excluding hydrogens is 331 g/mol. The second-order valence-electron chi connectivity index (χ2n) is 4.38. The van der Waals surface area contributed by atoms with Crippen LogP contribution in [0.1, 0.15) is 30.6 Å². The van der Waals surface area contributed by atoms with Gasteiger partial charge >= 0.3 is 5.97 Å². The predicted molar refractivity (Wildman–Crippen MR) is 83.0 cm³/mol. The number of carboxylic acid groups (broad SMARTS) is 1. The molecule has 0 saturated heterocycles. The fourth-order valence-electron chi connectivity index (χ4n) is 1.70. The molecule has 1 aromatic rings. The van der Waals surface area contributed by atoms with Gasteiger partial charge in [-0.05, 0) is 31.6 Å². The largest absolute Gasteiger partial charge is 0.480 e. The molecular formula is C15H14Cl2O5. The second kappa shape index (κ2) is 7.96. The molecule has 22 heavy (non-hydrogen) atoms. The Kier molecular flexibility index (Phi) is 6.59. The van der Waals surface area contributed by atoms with Crippen molar-refractivity contribution in [1.82, 2.24) is 0 Å². The van der Waals surface area contributed by atoms with Crippen molar-refractivity contribution in [3.8, 4) is 5.75 Å². The summed E-state index contributed by atoms with van der Waals surface area (Å²) in [5.74, 6) is -1.74. The molecule has 0 spiro atoms. The molecule has 0 radical (unpaired) electrons. The number of allylic oxidation sites excluding steroid dienone is 2. The third-order valence-corrected chi connectivity index (χ3v) is 3.56. The molecule has 0 aliphatic carbocycles. The first kappa shape index (κ1) is 18.2. The van der Waals surface area contributed by atoms with Crippen molar-refractivity contribution >= 4 is 40.7 Å². The molecule has 0 amide bonds. The predicted octanol–water partition coefficient (Wildman–Crippen LogP) is 3.56. The molecule has 0 aliphatic heterocycles. The van der Waals surface area contributed by atoms with E-state index in [9.17, 15) is 14.4 Å². The monoisotopic (exact) mass is 344 g/mol. The van der Waals surface area contributed by atoms with Crippen molar-refractivity contribution in [1.29, 1.82) is 0 Å². The van der Waals surface area contributed by atoms with Gasteiger partial charge in [0, 0.05) is 11.1 Å². The van der Waals surface area contributed by atoms with E-state index in [0.29, 0.717) is 12.0 Å². The van der Waals surface area contributed by atoms with Crippen molar-refractivity contribution in [3.63, 3.8) is 0 Å². The highest BCUT2D eigenvalue weighted by molar-refractivity contribution is 6.45. The van der Waals surface area contributed by atoms with Gasteiger partial charge in [0.15, 0.2) is 18.2 Å². The molecule has 0 heterocycles. The van der Waals surface area contributed by atoms with Gasteiger partial charge in [-0.15, -0.1) is 0 Å². The van der Waals surface area contributed by atoms with Crippen molar-refractivity contribution in [3.05, 3.63) is 39.4 Å². The number of rotatable bonds is 7. The molecule has 7 heteroatoms. The summed E-state index contributed by atoms with van der Waals surface area (Å²) >= 11 is 12.0. The van der Waals surface area contributed by atoms with Crippen LogP contribution in [0.2, 0.25) is 10.0 Å². The van der Waals surface area contributed by atoms with Gasteiger partial charge in [0.25, 0.3) is 0 Å². The number of carbonyl (C=O) groups is 3. The maximum atomic E-state index is 12.4. The molecule has 0 bridgehead atoms. The molecule has 0 unspecified atom stereocenters. The number of halogens is 2. The van der Waals surface area contributed by atoms with Crippen LogP contribution in [0.4, 0.5) is 0 Å². The average molecular weight is 345 g/mol. The average Bonchev–Trinajstić information content (AvgIpc) is 2.45. The van der Waals surface area contributed by atoms with Crippen molar-refractivity contribution in [2.75, 3.05) is 6.61 Å². The lowest BCUT2D eigenvalue weighted by Gasteiger charge is -2.11. The first-order chi connectivity index (χ1) is 10.3. The van der Waals surface area contributed by atoms with E-state index in [0.717, 1.165) is 0 Å². The Labute approximate surface area is 137 Å². The van der Waals surface area contributed by atoms with Gasteiger partial charge in [0.2, 0.25) is 0 Å². The molecule has 0 aliphatic rings. The fourth-order valence-corrected chi connectivity index (χ4v) is 2.17. The van der Waals surface area contributed by atoms with Gasteiger partial charge in [0.05, 0.1) is 5.02 Å². The van der Waals surface area contributed by atoms with Gasteiger partial charge < -0.3 is 9.84 Å². The van der Waals surface area contributed by atoms with E-state index in [1.807, 2.05) is 0 Å². The molecule has 1 aromatic carbocycles. The topological polar surface area (TPSA) is 80.7 Å². The third kappa shape index (κ3) is 4.58. The second-order valence-corrected chi connectivity index (χ2v) is 5.14. The Morgan fingerprint density at radius 3 is 2.36 bits per heavy atom. The summed E-state index contributed by atoms with van der Waals surface area (Å²) in [7, 11) is 0. The Morgan fingerprint density at radius 2 is 1.86 bits per heavy atom. The van der Waals surface area contributed by atoms with Crippen LogP contribution in [-0.2, 0) is 9.59 Å². The summed E-state index contributed by atoms with van der Waals surface area (Å²) < 4.78 is 4.97. The van der Waals surface area contributed by atoms with E-state index in [1.165, 1.54) is 25.1 Å². The van der Waals surface area contributed by atoms with Gasteiger partial charge in [-0.25, -0.2) is 4.79 Å². The SMILES string of the molecule is CC/C(=C/C(C)=O)C(=O)c1ccc(OCC(=O)O)c(Cl)c1Cl.